The number of amides is 1. The van der Waals surface area contributed by atoms with Crippen molar-refractivity contribution in [3.05, 3.63) is 29.8 Å². The second-order valence-corrected chi connectivity index (χ2v) is 8.92. The quantitative estimate of drug-likeness (QED) is 0.681. The molecule has 8 heteroatoms. The van der Waals surface area contributed by atoms with Crippen molar-refractivity contribution in [3.63, 3.8) is 0 Å². The predicted molar refractivity (Wildman–Crippen MR) is 111 cm³/mol. The number of nitrogens with one attached hydrogen (secondary N) is 2. The van der Waals surface area contributed by atoms with Crippen LogP contribution in [0, 0.1) is 5.92 Å². The summed E-state index contributed by atoms with van der Waals surface area (Å²) >= 11 is 0. The van der Waals surface area contributed by atoms with Crippen molar-refractivity contribution in [3.8, 4) is 0 Å². The molecule has 0 saturated carbocycles. The molecule has 27 heavy (non-hydrogen) atoms. The highest BCUT2D eigenvalue weighted by Gasteiger charge is 2.25. The number of piperidine rings is 1. The van der Waals surface area contributed by atoms with Crippen LogP contribution in [0.15, 0.2) is 29.2 Å². The summed E-state index contributed by atoms with van der Waals surface area (Å²) in [5.41, 5.74) is 0.485. The smallest absolute Gasteiger partial charge is 0.251 e. The van der Waals surface area contributed by atoms with Crippen molar-refractivity contribution in [2.45, 2.75) is 51.0 Å². The second kappa shape index (κ2) is 11.0. The van der Waals surface area contributed by atoms with Gasteiger partial charge in [0.25, 0.3) is 5.91 Å². The zero-order chi connectivity index (χ0) is 19.2. The molecule has 0 bridgehead atoms. The highest BCUT2D eigenvalue weighted by molar-refractivity contribution is 7.89. The molecule has 1 heterocycles. The van der Waals surface area contributed by atoms with Gasteiger partial charge in [0, 0.05) is 31.2 Å². The van der Waals surface area contributed by atoms with Crippen LogP contribution >= 0.6 is 12.4 Å². The topological polar surface area (TPSA) is 78.5 Å². The minimum absolute atomic E-state index is 0. The number of benzene rings is 1. The molecule has 1 aromatic rings. The average molecular weight is 418 g/mol. The van der Waals surface area contributed by atoms with E-state index in [0.29, 0.717) is 24.6 Å². The Morgan fingerprint density at radius 1 is 1.19 bits per heavy atom. The third-order valence-electron chi connectivity index (χ3n) is 4.84. The van der Waals surface area contributed by atoms with Gasteiger partial charge in [-0.3, -0.25) is 4.79 Å². The van der Waals surface area contributed by atoms with Gasteiger partial charge in [0.1, 0.15) is 0 Å². The van der Waals surface area contributed by atoms with Crippen molar-refractivity contribution in [2.75, 3.05) is 26.2 Å². The summed E-state index contributed by atoms with van der Waals surface area (Å²) in [6, 6.07) is 6.36. The van der Waals surface area contributed by atoms with Crippen LogP contribution in [-0.2, 0) is 10.0 Å². The van der Waals surface area contributed by atoms with Gasteiger partial charge in [-0.2, -0.15) is 4.31 Å². The highest BCUT2D eigenvalue weighted by atomic mass is 35.5. The molecule has 2 unspecified atom stereocenters. The summed E-state index contributed by atoms with van der Waals surface area (Å²) < 4.78 is 27.1. The highest BCUT2D eigenvalue weighted by Crippen LogP contribution is 2.18. The Morgan fingerprint density at radius 2 is 1.78 bits per heavy atom. The van der Waals surface area contributed by atoms with Gasteiger partial charge < -0.3 is 10.6 Å². The predicted octanol–water partition coefficient (Wildman–Crippen LogP) is 2.65. The van der Waals surface area contributed by atoms with Crippen LogP contribution in [0.5, 0.6) is 0 Å². The summed E-state index contributed by atoms with van der Waals surface area (Å²) in [7, 11) is -3.51. The summed E-state index contributed by atoms with van der Waals surface area (Å²) in [4.78, 5) is 12.7. The van der Waals surface area contributed by atoms with E-state index < -0.39 is 10.0 Å². The van der Waals surface area contributed by atoms with Gasteiger partial charge >= 0.3 is 0 Å². The molecule has 0 spiro atoms. The Kier molecular flexibility index (Phi) is 9.73. The lowest BCUT2D eigenvalue weighted by atomic mass is 9.94. The van der Waals surface area contributed by atoms with Gasteiger partial charge in [0.2, 0.25) is 10.0 Å². The lowest BCUT2D eigenvalue weighted by Gasteiger charge is -2.30. The van der Waals surface area contributed by atoms with Crippen LogP contribution in [0.1, 0.15) is 50.4 Å². The van der Waals surface area contributed by atoms with Crippen molar-refractivity contribution < 1.29 is 13.2 Å². The van der Waals surface area contributed by atoms with Gasteiger partial charge in [-0.05, 0) is 56.0 Å². The first-order valence-corrected chi connectivity index (χ1v) is 11.0. The molecule has 2 atom stereocenters. The van der Waals surface area contributed by atoms with Crippen LogP contribution in [-0.4, -0.2) is 50.9 Å². The minimum atomic E-state index is -3.51. The van der Waals surface area contributed by atoms with Crippen LogP contribution in [0.3, 0.4) is 0 Å². The fraction of sp³-hybridized carbons (Fsp3) is 0.632. The number of rotatable bonds is 8. The van der Waals surface area contributed by atoms with Crippen LogP contribution in [0.4, 0.5) is 0 Å². The molecular weight excluding hydrogens is 386 g/mol. The van der Waals surface area contributed by atoms with E-state index in [1.807, 2.05) is 13.8 Å². The molecule has 0 aromatic heterocycles. The van der Waals surface area contributed by atoms with Gasteiger partial charge in [0.05, 0.1) is 4.90 Å². The SMILES string of the molecule is CCCN(CCC)S(=O)(=O)c1ccc(C(=O)NC2CNCCC2C)cc1.Cl. The monoisotopic (exact) mass is 417 g/mol. The van der Waals surface area contributed by atoms with Crippen LogP contribution < -0.4 is 10.6 Å². The van der Waals surface area contributed by atoms with E-state index in [1.54, 1.807) is 12.1 Å². The van der Waals surface area contributed by atoms with Crippen molar-refractivity contribution in [1.82, 2.24) is 14.9 Å². The standard InChI is InChI=1S/C19H31N3O3S.ClH/c1-4-12-22(13-5-2)26(24,25)17-8-6-16(7-9-17)19(23)21-18-14-20-11-10-15(18)3;/h6-9,15,18,20H,4-5,10-14H2,1-3H3,(H,21,23);1H. The number of hydrogen-bond acceptors (Lipinski definition) is 4. The molecule has 2 N–H and O–H groups in total. The molecule has 1 saturated heterocycles. The molecule has 1 fully saturated rings. The average Bonchev–Trinajstić information content (AvgIpc) is 2.63. The van der Waals surface area contributed by atoms with Crippen molar-refractivity contribution >= 4 is 28.3 Å². The van der Waals surface area contributed by atoms with E-state index in [-0.39, 0.29) is 29.3 Å². The van der Waals surface area contributed by atoms with Gasteiger partial charge in [-0.1, -0.05) is 20.8 Å². The Balaban J connectivity index is 0.00000364. The lowest BCUT2D eigenvalue weighted by Crippen LogP contribution is -2.50. The zero-order valence-corrected chi connectivity index (χ0v) is 18.0. The Morgan fingerprint density at radius 3 is 2.30 bits per heavy atom. The largest absolute Gasteiger partial charge is 0.348 e. The second-order valence-electron chi connectivity index (χ2n) is 6.98. The minimum Gasteiger partial charge on any atom is -0.348 e. The fourth-order valence-electron chi connectivity index (χ4n) is 3.21. The van der Waals surface area contributed by atoms with E-state index in [2.05, 4.69) is 17.6 Å². The zero-order valence-electron chi connectivity index (χ0n) is 16.4. The Hall–Kier alpha value is -1.15. The maximum absolute atomic E-state index is 12.8. The van der Waals surface area contributed by atoms with E-state index in [4.69, 9.17) is 0 Å². The summed E-state index contributed by atoms with van der Waals surface area (Å²) in [6.45, 7) is 8.82. The van der Waals surface area contributed by atoms with E-state index in [9.17, 15) is 13.2 Å². The lowest BCUT2D eigenvalue weighted by molar-refractivity contribution is 0.0915. The van der Waals surface area contributed by atoms with Gasteiger partial charge in [0.15, 0.2) is 0 Å². The van der Waals surface area contributed by atoms with Gasteiger partial charge in [-0.25, -0.2) is 8.42 Å². The first-order chi connectivity index (χ1) is 12.4. The van der Waals surface area contributed by atoms with E-state index in [1.165, 1.54) is 16.4 Å². The number of carbonyl (C=O) groups is 1. The van der Waals surface area contributed by atoms with Crippen LogP contribution in [0.25, 0.3) is 0 Å². The number of hydrogen-bond donors (Lipinski definition) is 2. The third-order valence-corrected chi connectivity index (χ3v) is 6.76. The summed E-state index contributed by atoms with van der Waals surface area (Å²) in [5, 5.41) is 6.33. The van der Waals surface area contributed by atoms with E-state index >= 15 is 0 Å². The molecule has 154 valence electrons. The molecule has 1 aromatic carbocycles. The molecular formula is C19H32ClN3O3S. The molecule has 2 rings (SSSR count). The van der Waals surface area contributed by atoms with E-state index in [0.717, 1.165) is 32.4 Å². The molecule has 0 radical (unpaired) electrons. The normalized spacial score (nSPS) is 20.1. The van der Waals surface area contributed by atoms with Gasteiger partial charge in [-0.15, -0.1) is 12.4 Å². The molecule has 1 amide bonds. The number of sulfonamides is 1. The van der Waals surface area contributed by atoms with Crippen LogP contribution in [0.2, 0.25) is 0 Å². The number of carbonyl (C=O) groups excluding carboxylic acids is 1. The molecule has 1 aliphatic rings. The van der Waals surface area contributed by atoms with Crippen molar-refractivity contribution in [2.24, 2.45) is 5.92 Å². The number of nitrogens with zero attached hydrogens (tertiary/aromatic N) is 1. The first kappa shape index (κ1) is 23.9. The Labute approximate surface area is 169 Å². The van der Waals surface area contributed by atoms with Crippen molar-refractivity contribution in [1.29, 1.82) is 0 Å². The maximum Gasteiger partial charge on any atom is 0.251 e. The first-order valence-electron chi connectivity index (χ1n) is 9.52. The molecule has 1 aliphatic heterocycles. The summed E-state index contributed by atoms with van der Waals surface area (Å²) in [6.07, 6.45) is 2.58. The molecule has 0 aliphatic carbocycles. The maximum atomic E-state index is 12.8. The third kappa shape index (κ3) is 6.17. The number of halogens is 1. The summed E-state index contributed by atoms with van der Waals surface area (Å²) in [5.74, 6) is 0.268. The Bertz CT molecular complexity index is 689. The fourth-order valence-corrected chi connectivity index (χ4v) is 4.84. The molecule has 6 nitrogen and oxygen atoms in total.